The van der Waals surface area contributed by atoms with Crippen molar-refractivity contribution in [3.63, 3.8) is 0 Å². The van der Waals surface area contributed by atoms with Gasteiger partial charge < -0.3 is 4.98 Å². The summed E-state index contributed by atoms with van der Waals surface area (Å²) < 4.78 is 1.73. The van der Waals surface area contributed by atoms with Gasteiger partial charge in [0.05, 0.1) is 4.47 Å². The van der Waals surface area contributed by atoms with Crippen LogP contribution in [0.4, 0.5) is 0 Å². The molecule has 2 fully saturated rings. The van der Waals surface area contributed by atoms with Crippen LogP contribution in [0.15, 0.2) is 4.47 Å². The van der Waals surface area contributed by atoms with Gasteiger partial charge in [0.15, 0.2) is 0 Å². The van der Waals surface area contributed by atoms with Crippen LogP contribution in [0, 0.1) is 4.64 Å². The van der Waals surface area contributed by atoms with E-state index in [9.17, 15) is 0 Å². The fourth-order valence-electron chi connectivity index (χ4n) is 1.84. The average Bonchev–Trinajstić information content (AvgIpc) is 3.04. The normalized spacial score (nSPS) is 22.8. The Kier molecular flexibility index (Phi) is 2.09. The highest BCUT2D eigenvalue weighted by molar-refractivity contribution is 9.10. The molecule has 1 aromatic rings. The van der Waals surface area contributed by atoms with Crippen molar-refractivity contribution in [3.8, 4) is 0 Å². The number of aromatic nitrogens is 2. The topological polar surface area (TPSA) is 28.7 Å². The van der Waals surface area contributed by atoms with E-state index in [0.717, 1.165) is 14.9 Å². The predicted molar refractivity (Wildman–Crippen MR) is 65.7 cm³/mol. The maximum Gasteiger partial charge on any atom is 0.144 e. The van der Waals surface area contributed by atoms with Crippen LogP contribution in [0.3, 0.4) is 0 Å². The minimum atomic E-state index is 0.276. The van der Waals surface area contributed by atoms with E-state index in [1.54, 1.807) is 0 Å². The first-order valence-corrected chi connectivity index (χ1v) is 6.60. The summed E-state index contributed by atoms with van der Waals surface area (Å²) in [7, 11) is 0. The van der Waals surface area contributed by atoms with Crippen LogP contribution < -0.4 is 0 Å². The van der Waals surface area contributed by atoms with Gasteiger partial charge in [0, 0.05) is 17.0 Å². The number of aromatic amines is 1. The third-order valence-electron chi connectivity index (χ3n) is 3.45. The number of hydrogen-bond acceptors (Lipinski definition) is 2. The molecule has 0 aromatic carbocycles. The molecule has 0 radical (unpaired) electrons. The predicted octanol–water partition coefficient (Wildman–Crippen LogP) is 3.83. The van der Waals surface area contributed by atoms with E-state index < -0.39 is 0 Å². The molecular weight excluding hydrogens is 272 g/mol. The SMILES string of the molecule is CC1(c2nc(=S)c(Br)c(C3CC3)[nH]2)CC1. The van der Waals surface area contributed by atoms with E-state index in [-0.39, 0.29) is 5.41 Å². The maximum atomic E-state index is 5.29. The summed E-state index contributed by atoms with van der Waals surface area (Å²) in [4.78, 5) is 7.98. The molecule has 2 saturated carbocycles. The van der Waals surface area contributed by atoms with E-state index >= 15 is 0 Å². The number of rotatable bonds is 2. The molecule has 2 aliphatic rings. The molecule has 0 bridgehead atoms. The first kappa shape index (κ1) is 9.97. The van der Waals surface area contributed by atoms with Crippen LogP contribution in [0.1, 0.15) is 50.0 Å². The van der Waals surface area contributed by atoms with Gasteiger partial charge in [-0.15, -0.1) is 0 Å². The van der Waals surface area contributed by atoms with E-state index in [0.29, 0.717) is 5.92 Å². The standard InChI is InChI=1S/C11H13BrN2S/c1-11(4-5-11)10-13-8(6-2-3-6)7(12)9(15)14-10/h6H,2-5H2,1H3,(H,13,14,15). The number of nitrogens with zero attached hydrogens (tertiary/aromatic N) is 1. The zero-order chi connectivity index (χ0) is 10.6. The number of H-pyrrole nitrogens is 1. The Bertz CT molecular complexity index is 472. The Morgan fingerprint density at radius 1 is 1.47 bits per heavy atom. The Labute approximate surface area is 103 Å². The number of halogens is 1. The van der Waals surface area contributed by atoms with E-state index in [1.165, 1.54) is 31.4 Å². The molecule has 3 rings (SSSR count). The first-order valence-electron chi connectivity index (χ1n) is 5.40. The fourth-order valence-corrected chi connectivity index (χ4v) is 2.55. The fraction of sp³-hybridized carbons (Fsp3) is 0.636. The molecule has 0 spiro atoms. The summed E-state index contributed by atoms with van der Waals surface area (Å²) in [6.07, 6.45) is 5.03. The van der Waals surface area contributed by atoms with Crippen molar-refractivity contribution < 1.29 is 0 Å². The summed E-state index contributed by atoms with van der Waals surface area (Å²) in [5, 5.41) is 0. The summed E-state index contributed by atoms with van der Waals surface area (Å²) in [6, 6.07) is 0. The van der Waals surface area contributed by atoms with Gasteiger partial charge in [-0.05, 0) is 41.6 Å². The van der Waals surface area contributed by atoms with Gasteiger partial charge in [0.1, 0.15) is 10.5 Å². The van der Waals surface area contributed by atoms with Crippen LogP contribution in [0.2, 0.25) is 0 Å². The van der Waals surface area contributed by atoms with Gasteiger partial charge in [-0.1, -0.05) is 19.1 Å². The van der Waals surface area contributed by atoms with Crippen LogP contribution in [0.25, 0.3) is 0 Å². The maximum absolute atomic E-state index is 5.29. The monoisotopic (exact) mass is 284 g/mol. The second kappa shape index (κ2) is 3.14. The minimum absolute atomic E-state index is 0.276. The molecule has 0 aliphatic heterocycles. The second-order valence-electron chi connectivity index (χ2n) is 4.95. The molecule has 1 aromatic heterocycles. The van der Waals surface area contributed by atoms with Crippen molar-refractivity contribution >= 4 is 28.1 Å². The van der Waals surface area contributed by atoms with Gasteiger partial charge >= 0.3 is 0 Å². The molecule has 0 unspecified atom stereocenters. The lowest BCUT2D eigenvalue weighted by Gasteiger charge is -2.11. The number of nitrogens with one attached hydrogen (secondary N) is 1. The van der Waals surface area contributed by atoms with Gasteiger partial charge in [0.2, 0.25) is 0 Å². The Morgan fingerprint density at radius 3 is 2.67 bits per heavy atom. The molecule has 2 aliphatic carbocycles. The van der Waals surface area contributed by atoms with Crippen molar-refractivity contribution in [1.29, 1.82) is 0 Å². The van der Waals surface area contributed by atoms with Gasteiger partial charge in [-0.2, -0.15) is 0 Å². The van der Waals surface area contributed by atoms with Crippen molar-refractivity contribution in [3.05, 3.63) is 20.6 Å². The minimum Gasteiger partial charge on any atom is -0.345 e. The molecule has 15 heavy (non-hydrogen) atoms. The highest BCUT2D eigenvalue weighted by Gasteiger charge is 2.42. The smallest absolute Gasteiger partial charge is 0.144 e. The molecule has 4 heteroatoms. The molecule has 2 nitrogen and oxygen atoms in total. The van der Waals surface area contributed by atoms with Crippen molar-refractivity contribution in [2.24, 2.45) is 0 Å². The summed E-state index contributed by atoms with van der Waals surface area (Å²) >= 11 is 8.84. The Hall–Kier alpha value is -0.220. The average molecular weight is 285 g/mol. The molecule has 0 amide bonds. The van der Waals surface area contributed by atoms with Crippen LogP contribution in [-0.4, -0.2) is 9.97 Å². The summed E-state index contributed by atoms with van der Waals surface area (Å²) in [5.74, 6) is 1.78. The van der Waals surface area contributed by atoms with Crippen molar-refractivity contribution in [2.75, 3.05) is 0 Å². The third kappa shape index (κ3) is 1.68. The largest absolute Gasteiger partial charge is 0.345 e. The Morgan fingerprint density at radius 2 is 2.13 bits per heavy atom. The highest BCUT2D eigenvalue weighted by atomic mass is 79.9. The second-order valence-corrected chi connectivity index (χ2v) is 6.13. The zero-order valence-corrected chi connectivity index (χ0v) is 11.0. The van der Waals surface area contributed by atoms with Gasteiger partial charge in [-0.3, -0.25) is 0 Å². The van der Waals surface area contributed by atoms with Crippen LogP contribution in [-0.2, 0) is 5.41 Å². The quantitative estimate of drug-likeness (QED) is 0.837. The van der Waals surface area contributed by atoms with E-state index in [2.05, 4.69) is 32.8 Å². The zero-order valence-electron chi connectivity index (χ0n) is 8.64. The molecule has 0 saturated heterocycles. The number of hydrogen-bond donors (Lipinski definition) is 1. The lowest BCUT2D eigenvalue weighted by Crippen LogP contribution is -2.09. The van der Waals surface area contributed by atoms with Crippen molar-refractivity contribution in [2.45, 2.75) is 43.9 Å². The van der Waals surface area contributed by atoms with Gasteiger partial charge in [0.25, 0.3) is 0 Å². The first-order chi connectivity index (χ1) is 7.10. The third-order valence-corrected chi connectivity index (χ3v) is 4.81. The lowest BCUT2D eigenvalue weighted by molar-refractivity contribution is 0.692. The van der Waals surface area contributed by atoms with Gasteiger partial charge in [-0.25, -0.2) is 4.98 Å². The highest BCUT2D eigenvalue weighted by Crippen LogP contribution is 2.48. The van der Waals surface area contributed by atoms with E-state index in [4.69, 9.17) is 12.2 Å². The Balaban J connectivity index is 2.13. The molecule has 0 atom stereocenters. The molecular formula is C11H13BrN2S. The summed E-state index contributed by atoms with van der Waals surface area (Å²) in [6.45, 7) is 2.26. The summed E-state index contributed by atoms with van der Waals surface area (Å²) in [5.41, 5.74) is 1.55. The van der Waals surface area contributed by atoms with E-state index in [1.807, 2.05) is 0 Å². The molecule has 80 valence electrons. The van der Waals surface area contributed by atoms with Crippen LogP contribution >= 0.6 is 28.1 Å². The molecule has 1 N–H and O–H groups in total. The van der Waals surface area contributed by atoms with Crippen LogP contribution in [0.5, 0.6) is 0 Å². The lowest BCUT2D eigenvalue weighted by atomic mass is 10.1. The van der Waals surface area contributed by atoms with Crippen molar-refractivity contribution in [1.82, 2.24) is 9.97 Å². The molecule has 1 heterocycles.